The van der Waals surface area contributed by atoms with Gasteiger partial charge in [0.25, 0.3) is 0 Å². The van der Waals surface area contributed by atoms with Crippen LogP contribution >= 0.6 is 0 Å². The second-order valence-corrected chi connectivity index (χ2v) is 5.05. The molecule has 0 fully saturated rings. The lowest BCUT2D eigenvalue weighted by molar-refractivity contribution is -0.134. The molecule has 1 aliphatic carbocycles. The first-order valence-corrected chi connectivity index (χ1v) is 6.82. The molecule has 5 nitrogen and oxygen atoms in total. The largest absolute Gasteiger partial charge is 0.506 e. The first-order chi connectivity index (χ1) is 9.54. The summed E-state index contributed by atoms with van der Waals surface area (Å²) in [5.41, 5.74) is 0.382. The summed E-state index contributed by atoms with van der Waals surface area (Å²) in [6.45, 7) is 2.12. The quantitative estimate of drug-likeness (QED) is 0.596. The van der Waals surface area contributed by atoms with Gasteiger partial charge in [0.15, 0.2) is 5.78 Å². The molecule has 1 unspecified atom stereocenters. The molecule has 2 rings (SSSR count). The minimum Gasteiger partial charge on any atom is -0.506 e. The van der Waals surface area contributed by atoms with Gasteiger partial charge in [-0.1, -0.05) is 19.8 Å². The highest BCUT2D eigenvalue weighted by molar-refractivity contribution is 6.23. The summed E-state index contributed by atoms with van der Waals surface area (Å²) in [4.78, 5) is 22.7. The third kappa shape index (κ3) is 2.76. The third-order valence-electron chi connectivity index (χ3n) is 3.56. The van der Waals surface area contributed by atoms with E-state index in [2.05, 4.69) is 6.92 Å². The van der Waals surface area contributed by atoms with Crippen molar-refractivity contribution >= 4 is 11.8 Å². The highest BCUT2D eigenvalue weighted by Gasteiger charge is 2.33. The molecule has 0 aromatic carbocycles. The maximum atomic E-state index is 11.7. The fourth-order valence-corrected chi connectivity index (χ4v) is 2.47. The molecule has 0 saturated heterocycles. The van der Waals surface area contributed by atoms with Crippen molar-refractivity contribution in [3.63, 3.8) is 0 Å². The molecule has 20 heavy (non-hydrogen) atoms. The average molecular weight is 278 g/mol. The third-order valence-corrected chi connectivity index (χ3v) is 3.56. The number of carbonyl (C=O) groups excluding carboxylic acids is 1. The van der Waals surface area contributed by atoms with E-state index in [4.69, 9.17) is 9.84 Å². The van der Waals surface area contributed by atoms with E-state index in [9.17, 15) is 14.7 Å². The summed E-state index contributed by atoms with van der Waals surface area (Å²) in [5, 5.41) is 18.8. The molecular weight excluding hydrogens is 260 g/mol. The van der Waals surface area contributed by atoms with Gasteiger partial charge in [0.05, 0.1) is 11.8 Å². The van der Waals surface area contributed by atoms with E-state index in [1.54, 1.807) is 0 Å². The van der Waals surface area contributed by atoms with Crippen LogP contribution in [0.2, 0.25) is 0 Å². The number of aliphatic hydroxyl groups excluding tert-OH is 1. The van der Waals surface area contributed by atoms with Gasteiger partial charge < -0.3 is 14.9 Å². The summed E-state index contributed by atoms with van der Waals surface area (Å²) in [6.07, 6.45) is 7.37. The van der Waals surface area contributed by atoms with E-state index in [1.807, 2.05) is 0 Å². The molecule has 1 heterocycles. The van der Waals surface area contributed by atoms with E-state index in [0.29, 0.717) is 17.6 Å². The van der Waals surface area contributed by atoms with Gasteiger partial charge in [-0.2, -0.15) is 0 Å². The topological polar surface area (TPSA) is 83.8 Å². The molecule has 0 amide bonds. The molecule has 0 aromatic rings. The van der Waals surface area contributed by atoms with Crippen LogP contribution in [-0.4, -0.2) is 28.1 Å². The van der Waals surface area contributed by atoms with Crippen molar-refractivity contribution in [2.75, 3.05) is 0 Å². The molecule has 1 atom stereocenters. The number of aliphatic hydroxyl groups is 1. The number of hydrogen-bond donors (Lipinski definition) is 2. The van der Waals surface area contributed by atoms with Crippen molar-refractivity contribution in [3.05, 3.63) is 34.8 Å². The number of ether oxygens (including phenoxy) is 1. The van der Waals surface area contributed by atoms with Crippen molar-refractivity contribution in [2.24, 2.45) is 0 Å². The smallest absolute Gasteiger partial charge is 0.343 e. The standard InChI is InChI=1S/C15H18O5/c1-2-3-4-5-10-6-9-7-12(16)13(15(18)19)14(17)11(9)8-20-10/h7-8,10,17H,2-6H2,1H3,(H,18,19). The summed E-state index contributed by atoms with van der Waals surface area (Å²) in [6, 6.07) is 0. The van der Waals surface area contributed by atoms with Crippen LogP contribution in [0.15, 0.2) is 34.8 Å². The summed E-state index contributed by atoms with van der Waals surface area (Å²) in [7, 11) is 0. The number of allylic oxidation sites excluding steroid dienone is 2. The maximum absolute atomic E-state index is 11.7. The normalized spacial score (nSPS) is 21.9. The zero-order chi connectivity index (χ0) is 14.7. The van der Waals surface area contributed by atoms with Gasteiger partial charge in [-0.15, -0.1) is 0 Å². The van der Waals surface area contributed by atoms with Crippen LogP contribution in [0.1, 0.15) is 39.0 Å². The number of aliphatic carboxylic acids is 1. The molecule has 0 bridgehead atoms. The first-order valence-electron chi connectivity index (χ1n) is 6.82. The van der Waals surface area contributed by atoms with Crippen LogP contribution in [0.4, 0.5) is 0 Å². The van der Waals surface area contributed by atoms with Gasteiger partial charge >= 0.3 is 5.97 Å². The van der Waals surface area contributed by atoms with E-state index in [-0.39, 0.29) is 6.10 Å². The monoisotopic (exact) mass is 278 g/mol. The summed E-state index contributed by atoms with van der Waals surface area (Å²) >= 11 is 0. The minimum atomic E-state index is -1.42. The molecule has 2 N–H and O–H groups in total. The van der Waals surface area contributed by atoms with Crippen molar-refractivity contribution < 1.29 is 24.5 Å². The number of unbranched alkanes of at least 4 members (excludes halogenated alkanes) is 2. The Morgan fingerprint density at radius 1 is 1.45 bits per heavy atom. The number of carboxylic acids is 1. The SMILES string of the molecule is CCCCCC1CC2=CC(=O)C(C(=O)O)=C(O)C2=CO1. The Balaban J connectivity index is 2.17. The van der Waals surface area contributed by atoms with Gasteiger partial charge in [0.2, 0.25) is 0 Å². The number of carboxylic acid groups (broad SMARTS) is 1. The lowest BCUT2D eigenvalue weighted by Gasteiger charge is -2.27. The average Bonchev–Trinajstić information content (AvgIpc) is 2.38. The van der Waals surface area contributed by atoms with Gasteiger partial charge in [-0.25, -0.2) is 4.79 Å². The van der Waals surface area contributed by atoms with Gasteiger partial charge in [-0.05, 0) is 24.5 Å². The van der Waals surface area contributed by atoms with Crippen LogP contribution in [0, 0.1) is 0 Å². The molecule has 5 heteroatoms. The number of hydrogen-bond acceptors (Lipinski definition) is 4. The Morgan fingerprint density at radius 3 is 2.85 bits per heavy atom. The molecule has 1 aliphatic heterocycles. The molecule has 0 spiro atoms. The van der Waals surface area contributed by atoms with Crippen LogP contribution in [0.5, 0.6) is 0 Å². The van der Waals surface area contributed by atoms with E-state index >= 15 is 0 Å². The fourth-order valence-electron chi connectivity index (χ4n) is 2.47. The summed E-state index contributed by atoms with van der Waals surface area (Å²) in [5.74, 6) is -2.57. The number of fused-ring (bicyclic) bond motifs is 1. The molecule has 0 aromatic heterocycles. The number of rotatable bonds is 5. The summed E-state index contributed by atoms with van der Waals surface area (Å²) < 4.78 is 5.53. The molecular formula is C15H18O5. The molecule has 0 saturated carbocycles. The Bertz CT molecular complexity index is 524. The maximum Gasteiger partial charge on any atom is 0.343 e. The Morgan fingerprint density at radius 2 is 2.20 bits per heavy atom. The van der Waals surface area contributed by atoms with Crippen molar-refractivity contribution in [1.82, 2.24) is 0 Å². The predicted octanol–water partition coefficient (Wildman–Crippen LogP) is 2.65. The van der Waals surface area contributed by atoms with Crippen molar-refractivity contribution in [1.29, 1.82) is 0 Å². The Hall–Kier alpha value is -2.04. The molecule has 108 valence electrons. The van der Waals surface area contributed by atoms with Crippen molar-refractivity contribution in [2.45, 2.75) is 45.1 Å². The predicted molar refractivity (Wildman–Crippen MR) is 72.1 cm³/mol. The van der Waals surface area contributed by atoms with E-state index in [0.717, 1.165) is 25.7 Å². The number of ketones is 1. The zero-order valence-electron chi connectivity index (χ0n) is 11.4. The van der Waals surface area contributed by atoms with Gasteiger partial charge in [-0.3, -0.25) is 4.79 Å². The fraction of sp³-hybridized carbons (Fsp3) is 0.467. The second kappa shape index (κ2) is 5.94. The van der Waals surface area contributed by atoms with Crippen LogP contribution in [-0.2, 0) is 14.3 Å². The number of carbonyl (C=O) groups is 2. The van der Waals surface area contributed by atoms with Crippen LogP contribution < -0.4 is 0 Å². The zero-order valence-corrected chi connectivity index (χ0v) is 11.4. The van der Waals surface area contributed by atoms with E-state index in [1.165, 1.54) is 12.3 Å². The Kier molecular flexibility index (Phi) is 4.27. The lowest BCUT2D eigenvalue weighted by atomic mass is 9.87. The van der Waals surface area contributed by atoms with Gasteiger partial charge in [0.1, 0.15) is 17.4 Å². The first kappa shape index (κ1) is 14.4. The van der Waals surface area contributed by atoms with Crippen LogP contribution in [0.3, 0.4) is 0 Å². The van der Waals surface area contributed by atoms with Crippen molar-refractivity contribution in [3.8, 4) is 0 Å². The van der Waals surface area contributed by atoms with Gasteiger partial charge in [0, 0.05) is 6.42 Å². The highest BCUT2D eigenvalue weighted by atomic mass is 16.5. The van der Waals surface area contributed by atoms with Crippen LogP contribution in [0.25, 0.3) is 0 Å². The highest BCUT2D eigenvalue weighted by Crippen LogP contribution is 2.34. The van der Waals surface area contributed by atoms with E-state index < -0.39 is 23.1 Å². The second-order valence-electron chi connectivity index (χ2n) is 5.05. The lowest BCUT2D eigenvalue weighted by Crippen LogP contribution is -2.24. The molecule has 2 aliphatic rings. The molecule has 0 radical (unpaired) electrons. The minimum absolute atomic E-state index is 0.0106. The Labute approximate surface area is 117 Å².